The van der Waals surface area contributed by atoms with Gasteiger partial charge >= 0.3 is 0 Å². The summed E-state index contributed by atoms with van der Waals surface area (Å²) in [5.74, 6) is 1.32. The van der Waals surface area contributed by atoms with Crippen molar-refractivity contribution in [1.29, 1.82) is 0 Å². The lowest BCUT2D eigenvalue weighted by Crippen LogP contribution is -2.01. The van der Waals surface area contributed by atoms with Gasteiger partial charge in [0.05, 0.1) is 5.69 Å². The number of anilines is 1. The minimum absolute atomic E-state index is 0.518. The molecule has 2 heterocycles. The van der Waals surface area contributed by atoms with E-state index < -0.39 is 0 Å². The van der Waals surface area contributed by atoms with Gasteiger partial charge in [-0.2, -0.15) is 0 Å². The summed E-state index contributed by atoms with van der Waals surface area (Å²) in [7, 11) is 0. The maximum atomic E-state index is 5.91. The molecule has 4 heteroatoms. The molecule has 4 nitrogen and oxygen atoms in total. The molecule has 0 bridgehead atoms. The Balaban J connectivity index is 2.20. The number of fused-ring (bicyclic) bond motifs is 1. The number of nitrogen functional groups attached to an aromatic ring is 1. The average Bonchev–Trinajstić information content (AvgIpc) is 2.46. The van der Waals surface area contributed by atoms with Crippen LogP contribution in [0.5, 0.6) is 0 Å². The van der Waals surface area contributed by atoms with E-state index in [1.807, 2.05) is 30.5 Å². The molecule has 0 aliphatic heterocycles. The Hall–Kier alpha value is -2.49. The van der Waals surface area contributed by atoms with Crippen LogP contribution in [0.4, 0.5) is 5.82 Å². The number of nitrogens with two attached hydrogens (primary N) is 1. The van der Waals surface area contributed by atoms with Crippen molar-refractivity contribution in [2.45, 2.75) is 19.8 Å². The third-order valence-corrected chi connectivity index (χ3v) is 3.22. The Morgan fingerprint density at radius 1 is 1.15 bits per heavy atom. The number of rotatable bonds is 3. The van der Waals surface area contributed by atoms with E-state index in [-0.39, 0.29) is 0 Å². The van der Waals surface area contributed by atoms with Gasteiger partial charge in [0.25, 0.3) is 0 Å². The van der Waals surface area contributed by atoms with E-state index >= 15 is 0 Å². The van der Waals surface area contributed by atoms with Gasteiger partial charge in [-0.05, 0) is 17.9 Å². The molecule has 0 unspecified atom stereocenters. The largest absolute Gasteiger partial charge is 0.384 e. The molecule has 3 aromatic rings. The molecule has 20 heavy (non-hydrogen) atoms. The van der Waals surface area contributed by atoms with Crippen molar-refractivity contribution in [3.05, 3.63) is 48.5 Å². The van der Waals surface area contributed by atoms with E-state index in [1.165, 1.54) is 0 Å². The molecule has 0 radical (unpaired) electrons. The molecule has 1 aromatic carbocycles. The van der Waals surface area contributed by atoms with Gasteiger partial charge in [0.2, 0.25) is 0 Å². The second kappa shape index (κ2) is 5.25. The van der Waals surface area contributed by atoms with Crippen LogP contribution in [0.25, 0.3) is 22.0 Å². The summed E-state index contributed by atoms with van der Waals surface area (Å²) in [6.07, 6.45) is 5.49. The third-order valence-electron chi connectivity index (χ3n) is 3.22. The van der Waals surface area contributed by atoms with Crippen molar-refractivity contribution in [2.24, 2.45) is 0 Å². The molecule has 3 rings (SSSR count). The minimum Gasteiger partial charge on any atom is -0.384 e. The molecule has 0 atom stereocenters. The maximum absolute atomic E-state index is 5.91. The predicted molar refractivity (Wildman–Crippen MR) is 81.2 cm³/mol. The summed E-state index contributed by atoms with van der Waals surface area (Å²) >= 11 is 0. The van der Waals surface area contributed by atoms with E-state index in [9.17, 15) is 0 Å². The highest BCUT2D eigenvalue weighted by molar-refractivity contribution is 5.95. The molecule has 0 amide bonds. The van der Waals surface area contributed by atoms with Crippen LogP contribution in [0.1, 0.15) is 19.2 Å². The molecular formula is C16H16N4. The fraction of sp³-hybridized carbons (Fsp3) is 0.188. The molecule has 0 aliphatic rings. The van der Waals surface area contributed by atoms with Gasteiger partial charge < -0.3 is 5.73 Å². The first-order chi connectivity index (χ1) is 9.78. The van der Waals surface area contributed by atoms with Gasteiger partial charge in [-0.3, -0.25) is 4.98 Å². The predicted octanol–water partition coefficient (Wildman–Crippen LogP) is 3.23. The monoisotopic (exact) mass is 264 g/mol. The molecule has 0 saturated carbocycles. The summed E-state index contributed by atoms with van der Waals surface area (Å²) in [5, 5.41) is 2.22. The lowest BCUT2D eigenvalue weighted by atomic mass is 10.0. The topological polar surface area (TPSA) is 64.7 Å². The van der Waals surface area contributed by atoms with E-state index in [1.54, 1.807) is 6.20 Å². The molecule has 0 saturated heterocycles. The molecule has 0 fully saturated rings. The number of aryl methyl sites for hydroxylation is 1. The molecule has 0 spiro atoms. The van der Waals surface area contributed by atoms with Crippen LogP contribution in [-0.4, -0.2) is 15.0 Å². The zero-order valence-corrected chi connectivity index (χ0v) is 11.4. The van der Waals surface area contributed by atoms with Gasteiger partial charge in [0.15, 0.2) is 0 Å². The quantitative estimate of drug-likeness (QED) is 0.788. The summed E-state index contributed by atoms with van der Waals surface area (Å²) in [4.78, 5) is 13.1. The fourth-order valence-electron chi connectivity index (χ4n) is 2.34. The number of benzene rings is 1. The average molecular weight is 264 g/mol. The minimum atomic E-state index is 0.518. The lowest BCUT2D eigenvalue weighted by molar-refractivity contribution is 0.839. The van der Waals surface area contributed by atoms with Crippen molar-refractivity contribution < 1.29 is 0 Å². The van der Waals surface area contributed by atoms with E-state index in [4.69, 9.17) is 5.73 Å². The number of pyridine rings is 1. The number of aromatic nitrogens is 3. The summed E-state index contributed by atoms with van der Waals surface area (Å²) in [6, 6.07) is 9.94. The highest BCUT2D eigenvalue weighted by atomic mass is 14.9. The van der Waals surface area contributed by atoms with Gasteiger partial charge in [-0.1, -0.05) is 25.1 Å². The van der Waals surface area contributed by atoms with Gasteiger partial charge in [0.1, 0.15) is 11.6 Å². The molecule has 100 valence electrons. The van der Waals surface area contributed by atoms with Crippen LogP contribution in [-0.2, 0) is 6.42 Å². The van der Waals surface area contributed by atoms with Crippen molar-refractivity contribution in [2.75, 3.05) is 5.73 Å². The molecule has 2 aromatic heterocycles. The van der Waals surface area contributed by atoms with Crippen LogP contribution in [0, 0.1) is 0 Å². The lowest BCUT2D eigenvalue weighted by Gasteiger charge is -2.08. The number of hydrogen-bond donors (Lipinski definition) is 1. The van der Waals surface area contributed by atoms with Gasteiger partial charge in [-0.15, -0.1) is 0 Å². The first-order valence-corrected chi connectivity index (χ1v) is 6.74. The third kappa shape index (κ3) is 2.32. The Labute approximate surface area is 117 Å². The Kier molecular flexibility index (Phi) is 3.29. The van der Waals surface area contributed by atoms with Crippen LogP contribution >= 0.6 is 0 Å². The summed E-state index contributed by atoms with van der Waals surface area (Å²) < 4.78 is 0. The molecular weight excluding hydrogens is 248 g/mol. The zero-order valence-electron chi connectivity index (χ0n) is 11.4. The van der Waals surface area contributed by atoms with Gasteiger partial charge in [-0.25, -0.2) is 9.97 Å². The maximum Gasteiger partial charge on any atom is 0.131 e. The SMILES string of the molecule is CCCc1nc(N)cc(-c2cccc3cnccc23)n1. The fourth-order valence-corrected chi connectivity index (χ4v) is 2.34. The van der Waals surface area contributed by atoms with Crippen molar-refractivity contribution in [3.8, 4) is 11.3 Å². The molecule has 2 N–H and O–H groups in total. The normalized spacial score (nSPS) is 10.8. The zero-order chi connectivity index (χ0) is 13.9. The first kappa shape index (κ1) is 12.5. The molecule has 0 aliphatic carbocycles. The van der Waals surface area contributed by atoms with Crippen molar-refractivity contribution in [1.82, 2.24) is 15.0 Å². The standard InChI is InChI=1S/C16H16N4/c1-2-4-16-19-14(9-15(17)20-16)13-6-3-5-11-10-18-8-7-12(11)13/h3,5-10H,2,4H2,1H3,(H2,17,19,20). The Bertz CT molecular complexity index is 747. The smallest absolute Gasteiger partial charge is 0.131 e. The summed E-state index contributed by atoms with van der Waals surface area (Å²) in [6.45, 7) is 2.11. The van der Waals surface area contributed by atoms with E-state index in [2.05, 4.69) is 27.9 Å². The van der Waals surface area contributed by atoms with Crippen molar-refractivity contribution >= 4 is 16.6 Å². The second-order valence-electron chi connectivity index (χ2n) is 4.75. The first-order valence-electron chi connectivity index (χ1n) is 6.74. The van der Waals surface area contributed by atoms with E-state index in [0.717, 1.165) is 40.7 Å². The number of nitrogens with zero attached hydrogens (tertiary/aromatic N) is 3. The second-order valence-corrected chi connectivity index (χ2v) is 4.75. The highest BCUT2D eigenvalue weighted by Crippen LogP contribution is 2.27. The Morgan fingerprint density at radius 2 is 2.05 bits per heavy atom. The summed E-state index contributed by atoms with van der Waals surface area (Å²) in [5.41, 5.74) is 7.85. The van der Waals surface area contributed by atoms with E-state index in [0.29, 0.717) is 5.82 Å². The van der Waals surface area contributed by atoms with Crippen LogP contribution in [0.2, 0.25) is 0 Å². The van der Waals surface area contributed by atoms with Crippen LogP contribution in [0.15, 0.2) is 42.7 Å². The van der Waals surface area contributed by atoms with Crippen LogP contribution < -0.4 is 5.73 Å². The Morgan fingerprint density at radius 3 is 2.90 bits per heavy atom. The van der Waals surface area contributed by atoms with Gasteiger partial charge in [0, 0.05) is 35.8 Å². The van der Waals surface area contributed by atoms with Crippen LogP contribution in [0.3, 0.4) is 0 Å². The number of hydrogen-bond acceptors (Lipinski definition) is 4. The van der Waals surface area contributed by atoms with Crippen molar-refractivity contribution in [3.63, 3.8) is 0 Å². The highest BCUT2D eigenvalue weighted by Gasteiger charge is 2.08.